The molecular formula is C24H19NO2. The van der Waals surface area contributed by atoms with Crippen LogP contribution in [0.15, 0.2) is 89.7 Å². The lowest BCUT2D eigenvalue weighted by atomic mass is 9.93. The molecule has 0 saturated heterocycles. The molecule has 4 rings (SSSR count). The van der Waals surface area contributed by atoms with Gasteiger partial charge in [0.05, 0.1) is 0 Å². The summed E-state index contributed by atoms with van der Waals surface area (Å²) >= 11 is 0. The third-order valence-corrected chi connectivity index (χ3v) is 4.78. The molecule has 0 fully saturated rings. The predicted octanol–water partition coefficient (Wildman–Crippen LogP) is 5.01. The van der Waals surface area contributed by atoms with Crippen molar-refractivity contribution in [2.24, 2.45) is 0 Å². The van der Waals surface area contributed by atoms with Crippen LogP contribution < -0.4 is 5.56 Å². The van der Waals surface area contributed by atoms with Crippen LogP contribution in [0.5, 0.6) is 0 Å². The van der Waals surface area contributed by atoms with Gasteiger partial charge in [-0.2, -0.15) is 0 Å². The van der Waals surface area contributed by atoms with Crippen LogP contribution in [0.2, 0.25) is 0 Å². The zero-order valence-electron chi connectivity index (χ0n) is 14.8. The molecule has 0 atom stereocenters. The summed E-state index contributed by atoms with van der Waals surface area (Å²) in [7, 11) is 0. The lowest BCUT2D eigenvalue weighted by Gasteiger charge is -2.13. The second-order valence-corrected chi connectivity index (χ2v) is 6.51. The van der Waals surface area contributed by atoms with Crippen molar-refractivity contribution in [1.29, 1.82) is 0 Å². The van der Waals surface area contributed by atoms with Gasteiger partial charge in [-0.25, -0.2) is 0 Å². The van der Waals surface area contributed by atoms with Crippen molar-refractivity contribution in [3.05, 3.63) is 106 Å². The van der Waals surface area contributed by atoms with Crippen LogP contribution >= 0.6 is 0 Å². The number of para-hydroxylation sites is 1. The number of carbonyl (C=O) groups excluding carboxylic acids is 1. The number of benzene rings is 3. The van der Waals surface area contributed by atoms with Crippen molar-refractivity contribution in [3.8, 4) is 11.1 Å². The maximum Gasteiger partial charge on any atom is 0.252 e. The molecule has 3 heteroatoms. The Bertz CT molecular complexity index is 1150. The van der Waals surface area contributed by atoms with Crippen molar-refractivity contribution in [2.45, 2.75) is 12.8 Å². The third-order valence-electron chi connectivity index (χ3n) is 4.78. The largest absolute Gasteiger partial charge is 0.322 e. The first-order chi connectivity index (χ1) is 13.2. The van der Waals surface area contributed by atoms with Gasteiger partial charge in [-0.1, -0.05) is 78.9 Å². The number of rotatable bonds is 5. The fourth-order valence-electron chi connectivity index (χ4n) is 3.46. The van der Waals surface area contributed by atoms with Crippen LogP contribution in [0.25, 0.3) is 22.0 Å². The average Bonchev–Trinajstić information content (AvgIpc) is 2.73. The van der Waals surface area contributed by atoms with Gasteiger partial charge < -0.3 is 4.98 Å². The van der Waals surface area contributed by atoms with Gasteiger partial charge in [0.1, 0.15) is 0 Å². The van der Waals surface area contributed by atoms with Crippen LogP contribution in [-0.4, -0.2) is 10.8 Å². The molecule has 3 nitrogen and oxygen atoms in total. The van der Waals surface area contributed by atoms with Crippen molar-refractivity contribution >= 4 is 16.7 Å². The van der Waals surface area contributed by atoms with E-state index in [-0.39, 0.29) is 11.3 Å². The van der Waals surface area contributed by atoms with E-state index in [4.69, 9.17) is 0 Å². The molecule has 0 aliphatic carbocycles. The number of carbonyl (C=O) groups is 1. The highest BCUT2D eigenvalue weighted by Gasteiger charge is 2.16. The molecular weight excluding hydrogens is 334 g/mol. The predicted molar refractivity (Wildman–Crippen MR) is 109 cm³/mol. The van der Waals surface area contributed by atoms with Crippen LogP contribution in [0.4, 0.5) is 0 Å². The first-order valence-corrected chi connectivity index (χ1v) is 9.01. The fourth-order valence-corrected chi connectivity index (χ4v) is 3.46. The number of H-pyrrole nitrogens is 1. The van der Waals surface area contributed by atoms with Crippen molar-refractivity contribution in [1.82, 2.24) is 4.98 Å². The Morgan fingerprint density at radius 2 is 1.41 bits per heavy atom. The van der Waals surface area contributed by atoms with Crippen molar-refractivity contribution in [3.63, 3.8) is 0 Å². The number of nitrogens with one attached hydrogen (secondary N) is 1. The van der Waals surface area contributed by atoms with Crippen molar-refractivity contribution < 1.29 is 4.79 Å². The summed E-state index contributed by atoms with van der Waals surface area (Å²) in [5.41, 5.74) is 3.91. The molecule has 4 aromatic rings. The molecule has 27 heavy (non-hydrogen) atoms. The molecule has 0 bridgehead atoms. The van der Waals surface area contributed by atoms with Gasteiger partial charge in [-0.3, -0.25) is 9.59 Å². The molecule has 0 amide bonds. The molecule has 0 radical (unpaired) electrons. The van der Waals surface area contributed by atoms with E-state index < -0.39 is 0 Å². The Balaban J connectivity index is 1.79. The zero-order chi connectivity index (χ0) is 18.6. The summed E-state index contributed by atoms with van der Waals surface area (Å²) in [6.07, 6.45) is 0.698. The number of aromatic nitrogens is 1. The molecule has 1 N–H and O–H groups in total. The molecule has 3 aromatic carbocycles. The molecule has 1 aromatic heterocycles. The lowest BCUT2D eigenvalue weighted by molar-refractivity contribution is 0.0983. The van der Waals surface area contributed by atoms with E-state index >= 15 is 0 Å². The number of pyridine rings is 1. The van der Waals surface area contributed by atoms with Gasteiger partial charge in [-0.15, -0.1) is 0 Å². The van der Waals surface area contributed by atoms with E-state index in [1.54, 1.807) is 0 Å². The Morgan fingerprint density at radius 3 is 2.15 bits per heavy atom. The molecule has 0 aliphatic rings. The number of hydrogen-bond donors (Lipinski definition) is 1. The lowest BCUT2D eigenvalue weighted by Crippen LogP contribution is -2.16. The number of hydrogen-bond acceptors (Lipinski definition) is 2. The van der Waals surface area contributed by atoms with E-state index in [1.165, 1.54) is 0 Å². The minimum atomic E-state index is -0.131. The van der Waals surface area contributed by atoms with E-state index in [2.05, 4.69) is 4.98 Å². The Hall–Kier alpha value is -3.46. The normalized spacial score (nSPS) is 10.8. The Kier molecular flexibility index (Phi) is 4.67. The standard InChI is InChI=1S/C24H19NO2/c26-22(17-9-3-1-4-10-17)16-15-20-23(18-11-5-2-6-12-18)19-13-7-8-14-21(19)25-24(20)27/h1-14H,15-16H2,(H,25,27). The summed E-state index contributed by atoms with van der Waals surface area (Å²) in [6.45, 7) is 0. The molecule has 0 spiro atoms. The fraction of sp³-hybridized carbons (Fsp3) is 0.0833. The third kappa shape index (κ3) is 3.44. The summed E-state index contributed by atoms with van der Waals surface area (Å²) in [4.78, 5) is 28.3. The minimum absolute atomic E-state index is 0.0437. The van der Waals surface area contributed by atoms with E-state index in [0.717, 1.165) is 22.0 Å². The molecule has 132 valence electrons. The zero-order valence-corrected chi connectivity index (χ0v) is 14.8. The highest BCUT2D eigenvalue weighted by atomic mass is 16.1. The molecule has 0 aliphatic heterocycles. The van der Waals surface area contributed by atoms with Gasteiger partial charge in [0.15, 0.2) is 5.78 Å². The monoisotopic (exact) mass is 353 g/mol. The van der Waals surface area contributed by atoms with E-state index in [9.17, 15) is 9.59 Å². The summed E-state index contributed by atoms with van der Waals surface area (Å²) < 4.78 is 0. The summed E-state index contributed by atoms with van der Waals surface area (Å²) in [5, 5.41) is 0.991. The van der Waals surface area contributed by atoms with Crippen LogP contribution in [0, 0.1) is 0 Å². The second-order valence-electron chi connectivity index (χ2n) is 6.51. The maximum atomic E-state index is 12.8. The summed E-state index contributed by atoms with van der Waals surface area (Å²) in [5.74, 6) is 0.0437. The first kappa shape index (κ1) is 17.0. The average molecular weight is 353 g/mol. The second kappa shape index (κ2) is 7.42. The number of aromatic amines is 1. The van der Waals surface area contributed by atoms with E-state index in [1.807, 2.05) is 84.9 Å². The van der Waals surface area contributed by atoms with Crippen LogP contribution in [0.1, 0.15) is 22.3 Å². The van der Waals surface area contributed by atoms with Crippen LogP contribution in [-0.2, 0) is 6.42 Å². The number of ketones is 1. The highest BCUT2D eigenvalue weighted by molar-refractivity contribution is 5.98. The van der Waals surface area contributed by atoms with Gasteiger partial charge in [0, 0.05) is 28.5 Å². The molecule has 0 unspecified atom stereocenters. The SMILES string of the molecule is O=C(CCc1c(-c2ccccc2)c2ccccc2[nH]c1=O)c1ccccc1. The van der Waals surface area contributed by atoms with Gasteiger partial charge in [-0.05, 0) is 23.6 Å². The van der Waals surface area contributed by atoms with Gasteiger partial charge in [0.25, 0.3) is 5.56 Å². The molecule has 1 heterocycles. The number of fused-ring (bicyclic) bond motifs is 1. The van der Waals surface area contributed by atoms with E-state index in [0.29, 0.717) is 24.0 Å². The highest BCUT2D eigenvalue weighted by Crippen LogP contribution is 2.30. The van der Waals surface area contributed by atoms with Crippen molar-refractivity contribution in [2.75, 3.05) is 0 Å². The first-order valence-electron chi connectivity index (χ1n) is 9.01. The maximum absolute atomic E-state index is 12.8. The smallest absolute Gasteiger partial charge is 0.252 e. The summed E-state index contributed by atoms with van der Waals surface area (Å²) in [6, 6.07) is 26.9. The Labute approximate surface area is 157 Å². The minimum Gasteiger partial charge on any atom is -0.322 e. The molecule has 0 saturated carbocycles. The van der Waals surface area contributed by atoms with Gasteiger partial charge >= 0.3 is 0 Å². The Morgan fingerprint density at radius 1 is 0.778 bits per heavy atom. The topological polar surface area (TPSA) is 49.9 Å². The van der Waals surface area contributed by atoms with Crippen LogP contribution in [0.3, 0.4) is 0 Å². The quantitative estimate of drug-likeness (QED) is 0.513. The van der Waals surface area contributed by atoms with Gasteiger partial charge in [0.2, 0.25) is 0 Å². The number of Topliss-reactive ketones (excluding diaryl/α,β-unsaturated/α-hetero) is 1.